The Bertz CT molecular complexity index is 4820. The third-order valence-corrected chi connectivity index (χ3v) is 19.2. The zero-order chi connectivity index (χ0) is 55.2. The fourth-order valence-corrected chi connectivity index (χ4v) is 15.3. The quantitative estimate of drug-likeness (QED) is 0.0860. The summed E-state index contributed by atoms with van der Waals surface area (Å²) in [6.07, 6.45) is 12.3. The highest BCUT2D eigenvalue weighted by atomic mass is 15.0. The molecule has 0 saturated heterocycles. The topological polar surface area (TPSA) is 19.7 Å². The molecule has 1 aliphatic rings. The predicted octanol–water partition coefficient (Wildman–Crippen LogP) is 22.0. The smallest absolute Gasteiger partial charge is 0.0541 e. The number of aryl methyl sites for hydroxylation is 3. The van der Waals surface area contributed by atoms with E-state index in [9.17, 15) is 0 Å². The van der Waals surface area contributed by atoms with Crippen molar-refractivity contribution in [3.05, 3.63) is 217 Å². The molecule has 0 radical (unpaired) electrons. The van der Waals surface area contributed by atoms with Gasteiger partial charge in [0.05, 0.1) is 22.1 Å². The van der Waals surface area contributed by atoms with Crippen molar-refractivity contribution in [2.75, 3.05) is 0 Å². The summed E-state index contributed by atoms with van der Waals surface area (Å²) in [5.74, 6) is 0. The van der Waals surface area contributed by atoms with Gasteiger partial charge in [-0.2, -0.15) is 0 Å². The Morgan fingerprint density at radius 3 is 1.11 bits per heavy atom. The van der Waals surface area contributed by atoms with Gasteiger partial charge in [-0.3, -0.25) is 0 Å². The van der Waals surface area contributed by atoms with Gasteiger partial charge in [0, 0.05) is 95.0 Å². The van der Waals surface area contributed by atoms with E-state index in [2.05, 4.69) is 253 Å². The van der Waals surface area contributed by atoms with Gasteiger partial charge in [0.15, 0.2) is 0 Å². The Morgan fingerprint density at radius 2 is 0.659 bits per heavy atom. The number of nitrogens with zero attached hydrogens (tertiary/aromatic N) is 4. The third-order valence-electron chi connectivity index (χ3n) is 19.2. The lowest BCUT2D eigenvalue weighted by Crippen LogP contribution is -2.26. The van der Waals surface area contributed by atoms with E-state index < -0.39 is 0 Å². The molecule has 15 rings (SSSR count). The van der Waals surface area contributed by atoms with Crippen LogP contribution in [-0.2, 0) is 18.5 Å². The molecular weight excluding hydrogens is 993 g/mol. The van der Waals surface area contributed by atoms with Crippen LogP contribution in [0, 0.1) is 6.92 Å². The van der Waals surface area contributed by atoms with Gasteiger partial charge in [0.25, 0.3) is 0 Å². The summed E-state index contributed by atoms with van der Waals surface area (Å²) >= 11 is 0. The van der Waals surface area contributed by atoms with Crippen LogP contribution in [0.25, 0.3) is 132 Å². The number of hydrogen-bond donors (Lipinski definition) is 0. The van der Waals surface area contributed by atoms with Crippen molar-refractivity contribution < 1.29 is 0 Å². The molecule has 0 unspecified atom stereocenters. The lowest BCUT2D eigenvalue weighted by molar-refractivity contribution is 0.401. The Morgan fingerprint density at radius 1 is 0.305 bits per heavy atom. The van der Waals surface area contributed by atoms with E-state index in [1.165, 1.54) is 200 Å². The number of unbranched alkanes of at least 4 members (excludes halogenated alkanes) is 6. The fourth-order valence-electron chi connectivity index (χ4n) is 15.3. The molecule has 0 aliphatic heterocycles. The molecule has 0 N–H and O–H groups in total. The normalized spacial score (nSPS) is 13.1. The summed E-state index contributed by atoms with van der Waals surface area (Å²) in [5, 5.41) is 10.4. The number of aromatic nitrogens is 4. The Kier molecular flexibility index (Phi) is 12.4. The summed E-state index contributed by atoms with van der Waals surface area (Å²) in [4.78, 5) is 0. The molecule has 0 saturated carbocycles. The highest BCUT2D eigenvalue weighted by Gasteiger charge is 2.43. The second kappa shape index (κ2) is 20.1. The van der Waals surface area contributed by atoms with Gasteiger partial charge in [0.1, 0.15) is 0 Å². The van der Waals surface area contributed by atoms with Crippen molar-refractivity contribution in [3.8, 4) is 44.8 Å². The highest BCUT2D eigenvalue weighted by Crippen LogP contribution is 2.56. The number of benzene rings is 10. The highest BCUT2D eigenvalue weighted by molar-refractivity contribution is 6.14. The van der Waals surface area contributed by atoms with Crippen molar-refractivity contribution in [2.45, 2.75) is 117 Å². The monoisotopic (exact) mass is 1060 g/mol. The first kappa shape index (κ1) is 50.4. The lowest BCUT2D eigenvalue weighted by Gasteiger charge is -2.33. The average molecular weight is 1070 g/mol. The number of para-hydroxylation sites is 3. The van der Waals surface area contributed by atoms with E-state index in [-0.39, 0.29) is 5.41 Å². The van der Waals surface area contributed by atoms with Crippen molar-refractivity contribution in [2.24, 2.45) is 0 Å². The first-order valence-corrected chi connectivity index (χ1v) is 30.8. The van der Waals surface area contributed by atoms with Crippen LogP contribution in [0.1, 0.15) is 109 Å². The largest absolute Gasteiger partial charge is 0.341 e. The molecule has 0 amide bonds. The number of hydrogen-bond acceptors (Lipinski definition) is 0. The van der Waals surface area contributed by atoms with Gasteiger partial charge >= 0.3 is 0 Å². The van der Waals surface area contributed by atoms with Crippen LogP contribution in [0.3, 0.4) is 0 Å². The van der Waals surface area contributed by atoms with Crippen LogP contribution in [-0.4, -0.2) is 18.3 Å². The molecule has 0 fully saturated rings. The zero-order valence-electron chi connectivity index (χ0n) is 48.3. The molecule has 4 aromatic heterocycles. The maximum Gasteiger partial charge on any atom is 0.0541 e. The van der Waals surface area contributed by atoms with Crippen LogP contribution in [0.5, 0.6) is 0 Å². The van der Waals surface area contributed by atoms with Crippen molar-refractivity contribution in [1.82, 2.24) is 18.3 Å². The van der Waals surface area contributed by atoms with E-state index in [1.807, 2.05) is 0 Å². The van der Waals surface area contributed by atoms with Crippen LogP contribution >= 0.6 is 0 Å². The van der Waals surface area contributed by atoms with Crippen molar-refractivity contribution >= 4 is 87.2 Å². The van der Waals surface area contributed by atoms with E-state index in [0.29, 0.717) is 0 Å². The second-order valence-electron chi connectivity index (χ2n) is 23.8. The van der Waals surface area contributed by atoms with Gasteiger partial charge in [-0.25, -0.2) is 0 Å². The first-order chi connectivity index (χ1) is 40.4. The van der Waals surface area contributed by atoms with Gasteiger partial charge in [-0.1, -0.05) is 168 Å². The third kappa shape index (κ3) is 7.77. The summed E-state index contributed by atoms with van der Waals surface area (Å²) in [6, 6.07) is 77.5. The van der Waals surface area contributed by atoms with Gasteiger partial charge in [-0.05, 0) is 181 Å². The summed E-state index contributed by atoms with van der Waals surface area (Å²) < 4.78 is 10.0. The van der Waals surface area contributed by atoms with Crippen LogP contribution in [0.15, 0.2) is 200 Å². The SMILES string of the molecule is CCCCCCC1(CCCCCC)c2cc(-n3c4ccccc4c4cc(C)ccc43)ccc2-c2ccc(-n3c4ccccc4c4cc(-c5ccc6c(c5)c5cc(-c7ccc8c(c7)c7ccccc7n8CC)ccc5n6CC)ccc43)cc21. The molecule has 10 aromatic carbocycles. The first-order valence-electron chi connectivity index (χ1n) is 30.8. The molecule has 0 spiro atoms. The number of fused-ring (bicyclic) bond motifs is 15. The molecule has 4 heteroatoms. The maximum absolute atomic E-state index is 2.63. The van der Waals surface area contributed by atoms with Gasteiger partial charge < -0.3 is 18.3 Å². The minimum absolute atomic E-state index is 0.107. The fraction of sp³-hybridized carbons (Fsp3) is 0.231. The average Bonchev–Trinajstić information content (AvgIpc) is 3.81. The van der Waals surface area contributed by atoms with E-state index in [4.69, 9.17) is 0 Å². The molecule has 14 aromatic rings. The summed E-state index contributed by atoms with van der Waals surface area (Å²) in [6.45, 7) is 13.3. The Hall–Kier alpha value is -8.60. The van der Waals surface area contributed by atoms with Crippen LogP contribution in [0.4, 0.5) is 0 Å². The predicted molar refractivity (Wildman–Crippen MR) is 352 cm³/mol. The molecule has 82 heavy (non-hydrogen) atoms. The maximum atomic E-state index is 2.63. The molecule has 0 atom stereocenters. The van der Waals surface area contributed by atoms with E-state index in [1.54, 1.807) is 0 Å². The van der Waals surface area contributed by atoms with E-state index >= 15 is 0 Å². The Balaban J connectivity index is 0.853. The standard InChI is InChI=1S/C78H72N4/c1-6-10-12-20-42-78(43-21-13-11-7-2)68-49-56(81-74-26-18-15-23-61(74)63-44-51(5)28-37-76(63)81)33-35-58(68)59-36-34-57(50-69(59)78)82-75-27-19-16-24-62(75)65-46-55(32-41-77(65)82)54-31-40-73-67(48-54)66-47-53(30-39-72(66)80(73)9-4)52-29-38-71-64(45-52)60-22-14-17-25-70(60)79(71)8-3/h14-19,22-41,44-50H,6-13,20-21,42-43H2,1-5H3. The molecule has 404 valence electrons. The molecule has 1 aliphatic carbocycles. The van der Waals surface area contributed by atoms with Gasteiger partial charge in [0.2, 0.25) is 0 Å². The minimum atomic E-state index is -0.107. The summed E-state index contributed by atoms with van der Waals surface area (Å²) in [5.41, 5.74) is 24.7. The van der Waals surface area contributed by atoms with E-state index in [0.717, 1.165) is 25.9 Å². The van der Waals surface area contributed by atoms with Crippen molar-refractivity contribution in [1.29, 1.82) is 0 Å². The minimum Gasteiger partial charge on any atom is -0.341 e. The molecule has 4 nitrogen and oxygen atoms in total. The molecule has 0 bridgehead atoms. The van der Waals surface area contributed by atoms with Gasteiger partial charge in [-0.15, -0.1) is 0 Å². The lowest BCUT2D eigenvalue weighted by atomic mass is 9.70. The zero-order valence-corrected chi connectivity index (χ0v) is 48.3. The summed E-state index contributed by atoms with van der Waals surface area (Å²) in [7, 11) is 0. The second-order valence-corrected chi connectivity index (χ2v) is 23.8. The van der Waals surface area contributed by atoms with Crippen LogP contribution < -0.4 is 0 Å². The van der Waals surface area contributed by atoms with Crippen molar-refractivity contribution in [3.63, 3.8) is 0 Å². The van der Waals surface area contributed by atoms with Crippen LogP contribution in [0.2, 0.25) is 0 Å². The number of rotatable bonds is 16. The Labute approximate surface area is 481 Å². The molecule has 4 heterocycles. The molecular formula is C78H72N4.